The third kappa shape index (κ3) is 1.70. The molecule has 0 spiro atoms. The summed E-state index contributed by atoms with van der Waals surface area (Å²) in [6, 6.07) is 16.8. The van der Waals surface area contributed by atoms with Crippen molar-refractivity contribution in [3.05, 3.63) is 66.0 Å². The quantitative estimate of drug-likeness (QED) is 0.718. The van der Waals surface area contributed by atoms with Gasteiger partial charge in [-0.25, -0.2) is 4.98 Å². The summed E-state index contributed by atoms with van der Waals surface area (Å²) in [5.74, 6) is 0. The highest BCUT2D eigenvalue weighted by atomic mass is 14.9. The zero-order chi connectivity index (χ0) is 12.6. The Morgan fingerprint density at radius 2 is 1.78 bits per heavy atom. The summed E-state index contributed by atoms with van der Waals surface area (Å²) in [7, 11) is 0. The summed E-state index contributed by atoms with van der Waals surface area (Å²) in [6.45, 7) is 4.46. The van der Waals surface area contributed by atoms with Crippen LogP contribution in [-0.4, -0.2) is 9.97 Å². The van der Waals surface area contributed by atoms with Crippen molar-refractivity contribution in [2.75, 3.05) is 0 Å². The monoisotopic (exact) mass is 236 g/mol. The second kappa shape index (κ2) is 3.98. The maximum absolute atomic E-state index is 4.35. The average molecular weight is 236 g/mol. The molecule has 0 aliphatic rings. The Kier molecular flexibility index (Phi) is 2.44. The van der Waals surface area contributed by atoms with Gasteiger partial charge in [-0.3, -0.25) is 0 Å². The van der Waals surface area contributed by atoms with Crippen molar-refractivity contribution in [2.45, 2.75) is 19.3 Å². The largest absolute Gasteiger partial charge is 0.342 e. The molecule has 0 aliphatic carbocycles. The number of rotatable bonds is 2. The fraction of sp³-hybridized carbons (Fsp3) is 0.188. The molecule has 18 heavy (non-hydrogen) atoms. The van der Waals surface area contributed by atoms with Crippen molar-refractivity contribution in [3.63, 3.8) is 0 Å². The first-order chi connectivity index (χ1) is 8.68. The van der Waals surface area contributed by atoms with E-state index in [0.29, 0.717) is 0 Å². The Bertz CT molecular complexity index is 633. The Morgan fingerprint density at radius 1 is 1.00 bits per heavy atom. The van der Waals surface area contributed by atoms with Gasteiger partial charge in [0.2, 0.25) is 0 Å². The molecule has 0 aliphatic heterocycles. The molecule has 3 rings (SSSR count). The van der Waals surface area contributed by atoms with Crippen LogP contribution in [0.25, 0.3) is 11.0 Å². The SMILES string of the molecule is CC(C)(c1ccccc1)c1cc2cccnc2[nH]1. The number of aromatic nitrogens is 2. The van der Waals surface area contributed by atoms with Crippen molar-refractivity contribution in [1.29, 1.82) is 0 Å². The summed E-state index contributed by atoms with van der Waals surface area (Å²) < 4.78 is 0. The van der Waals surface area contributed by atoms with Crippen LogP contribution < -0.4 is 0 Å². The first-order valence-corrected chi connectivity index (χ1v) is 6.18. The molecule has 0 saturated carbocycles. The van der Waals surface area contributed by atoms with E-state index >= 15 is 0 Å². The van der Waals surface area contributed by atoms with Crippen molar-refractivity contribution in [2.24, 2.45) is 0 Å². The normalized spacial score (nSPS) is 11.9. The van der Waals surface area contributed by atoms with E-state index < -0.39 is 0 Å². The van der Waals surface area contributed by atoms with Crippen LogP contribution in [0.5, 0.6) is 0 Å². The van der Waals surface area contributed by atoms with Gasteiger partial charge in [-0.15, -0.1) is 0 Å². The predicted molar refractivity (Wildman–Crippen MR) is 74.7 cm³/mol. The van der Waals surface area contributed by atoms with Gasteiger partial charge in [-0.05, 0) is 23.8 Å². The van der Waals surface area contributed by atoms with E-state index in [1.807, 2.05) is 18.3 Å². The minimum Gasteiger partial charge on any atom is -0.342 e. The molecule has 1 aromatic carbocycles. The summed E-state index contributed by atoms with van der Waals surface area (Å²) in [5.41, 5.74) is 3.41. The molecule has 90 valence electrons. The number of hydrogen-bond acceptors (Lipinski definition) is 1. The molecule has 0 radical (unpaired) electrons. The zero-order valence-electron chi connectivity index (χ0n) is 10.6. The van der Waals surface area contributed by atoms with Gasteiger partial charge < -0.3 is 4.98 Å². The van der Waals surface area contributed by atoms with E-state index in [-0.39, 0.29) is 5.41 Å². The van der Waals surface area contributed by atoms with Crippen LogP contribution in [-0.2, 0) is 5.41 Å². The number of fused-ring (bicyclic) bond motifs is 1. The number of nitrogens with one attached hydrogen (secondary N) is 1. The first kappa shape index (κ1) is 11.0. The third-order valence-electron chi connectivity index (χ3n) is 3.56. The molecule has 0 amide bonds. The van der Waals surface area contributed by atoms with Crippen LogP contribution in [0.4, 0.5) is 0 Å². The van der Waals surface area contributed by atoms with E-state index in [2.05, 4.69) is 60.2 Å². The topological polar surface area (TPSA) is 28.7 Å². The number of aromatic amines is 1. The van der Waals surface area contributed by atoms with E-state index in [0.717, 1.165) is 11.0 Å². The summed E-state index contributed by atoms with van der Waals surface area (Å²) in [4.78, 5) is 7.78. The highest BCUT2D eigenvalue weighted by Crippen LogP contribution is 2.32. The molecule has 0 fully saturated rings. The summed E-state index contributed by atoms with van der Waals surface area (Å²) >= 11 is 0. The standard InChI is InChI=1S/C16H16N2/c1-16(2,13-8-4-3-5-9-13)14-11-12-7-6-10-17-15(12)18-14/h3-11H,1-2H3,(H,17,18). The minimum absolute atomic E-state index is 0.0397. The van der Waals surface area contributed by atoms with Crippen LogP contribution in [0.15, 0.2) is 54.7 Å². The molecule has 2 heteroatoms. The van der Waals surface area contributed by atoms with Gasteiger partial charge in [0.05, 0.1) is 0 Å². The second-order valence-corrected chi connectivity index (χ2v) is 5.12. The maximum Gasteiger partial charge on any atom is 0.137 e. The number of pyridine rings is 1. The van der Waals surface area contributed by atoms with Gasteiger partial charge in [-0.2, -0.15) is 0 Å². The summed E-state index contributed by atoms with van der Waals surface area (Å²) in [6.07, 6.45) is 1.82. The van der Waals surface area contributed by atoms with E-state index in [1.54, 1.807) is 0 Å². The number of hydrogen-bond donors (Lipinski definition) is 1. The first-order valence-electron chi connectivity index (χ1n) is 6.18. The van der Waals surface area contributed by atoms with Gasteiger partial charge in [0.15, 0.2) is 0 Å². The Balaban J connectivity index is 2.13. The third-order valence-corrected chi connectivity index (χ3v) is 3.56. The molecule has 0 unspecified atom stereocenters. The van der Waals surface area contributed by atoms with E-state index in [9.17, 15) is 0 Å². The van der Waals surface area contributed by atoms with Crippen molar-refractivity contribution in [1.82, 2.24) is 9.97 Å². The molecule has 0 saturated heterocycles. The van der Waals surface area contributed by atoms with Gasteiger partial charge in [0.1, 0.15) is 5.65 Å². The van der Waals surface area contributed by atoms with Crippen LogP contribution in [0.3, 0.4) is 0 Å². The van der Waals surface area contributed by atoms with Gasteiger partial charge in [-0.1, -0.05) is 44.2 Å². The number of H-pyrrole nitrogens is 1. The maximum atomic E-state index is 4.35. The lowest BCUT2D eigenvalue weighted by Crippen LogP contribution is -2.19. The molecule has 0 atom stereocenters. The minimum atomic E-state index is -0.0397. The van der Waals surface area contributed by atoms with Crippen molar-refractivity contribution >= 4 is 11.0 Å². The zero-order valence-corrected chi connectivity index (χ0v) is 10.6. The van der Waals surface area contributed by atoms with Crippen molar-refractivity contribution < 1.29 is 0 Å². The molecule has 2 nitrogen and oxygen atoms in total. The second-order valence-electron chi connectivity index (χ2n) is 5.12. The fourth-order valence-electron chi connectivity index (χ4n) is 2.30. The average Bonchev–Trinajstić information content (AvgIpc) is 2.84. The van der Waals surface area contributed by atoms with Crippen LogP contribution >= 0.6 is 0 Å². The number of nitrogens with zero attached hydrogens (tertiary/aromatic N) is 1. The Labute approximate surface area is 107 Å². The Morgan fingerprint density at radius 3 is 2.50 bits per heavy atom. The van der Waals surface area contributed by atoms with Gasteiger partial charge in [0.25, 0.3) is 0 Å². The molecule has 1 N–H and O–H groups in total. The fourth-order valence-corrected chi connectivity index (χ4v) is 2.30. The van der Waals surface area contributed by atoms with Crippen LogP contribution in [0, 0.1) is 0 Å². The molecular weight excluding hydrogens is 220 g/mol. The van der Waals surface area contributed by atoms with Gasteiger partial charge >= 0.3 is 0 Å². The summed E-state index contributed by atoms with van der Waals surface area (Å²) in [5, 5.41) is 1.16. The molecular formula is C16H16N2. The number of benzene rings is 1. The molecule has 2 aromatic heterocycles. The lowest BCUT2D eigenvalue weighted by molar-refractivity contribution is 0.623. The highest BCUT2D eigenvalue weighted by Gasteiger charge is 2.24. The lowest BCUT2D eigenvalue weighted by Gasteiger charge is -2.24. The predicted octanol–water partition coefficient (Wildman–Crippen LogP) is 3.89. The van der Waals surface area contributed by atoms with Gasteiger partial charge in [0, 0.05) is 22.7 Å². The molecule has 0 bridgehead atoms. The van der Waals surface area contributed by atoms with E-state index in [1.165, 1.54) is 11.3 Å². The smallest absolute Gasteiger partial charge is 0.137 e. The van der Waals surface area contributed by atoms with Crippen LogP contribution in [0.2, 0.25) is 0 Å². The lowest BCUT2D eigenvalue weighted by atomic mass is 9.81. The van der Waals surface area contributed by atoms with E-state index in [4.69, 9.17) is 0 Å². The highest BCUT2D eigenvalue weighted by molar-refractivity contribution is 5.76. The van der Waals surface area contributed by atoms with Crippen molar-refractivity contribution in [3.8, 4) is 0 Å². The van der Waals surface area contributed by atoms with Crippen LogP contribution in [0.1, 0.15) is 25.1 Å². The Hall–Kier alpha value is -2.09. The molecule has 2 heterocycles. The molecule has 3 aromatic rings.